The quantitative estimate of drug-likeness (QED) is 0.492. The van der Waals surface area contributed by atoms with Gasteiger partial charge >= 0.3 is 6.09 Å². The van der Waals surface area contributed by atoms with Crippen LogP contribution in [0.15, 0.2) is 42.5 Å². The Labute approximate surface area is 209 Å². The van der Waals surface area contributed by atoms with Crippen molar-refractivity contribution in [1.29, 1.82) is 0 Å². The third-order valence-electron chi connectivity index (χ3n) is 6.61. The summed E-state index contributed by atoms with van der Waals surface area (Å²) in [7, 11) is 0. The second-order valence-corrected chi connectivity index (χ2v) is 10.7. The minimum atomic E-state index is -1.18. The number of aliphatic hydroxyl groups is 1. The van der Waals surface area contributed by atoms with E-state index in [1.165, 1.54) is 5.56 Å². The first-order chi connectivity index (χ1) is 16.1. The standard InChI is InChI=1S/C28H39ClN2O3/c1-5-20-10-6-11-21(18-20)25-23(13-7-14-24(25)29)28(33,15-9-16-30)22-12-8-17-31(19-22)26(32)34-27(2,3)4/h6-7,10-11,13-14,18,22,33H,5,8-9,12,15-17,19,30H2,1-4H3/t22-,28?/m1/s1. The van der Waals surface area contributed by atoms with Crippen LogP contribution in [0.3, 0.4) is 0 Å². The maximum atomic E-state index is 12.8. The first-order valence-electron chi connectivity index (χ1n) is 12.4. The Morgan fingerprint density at radius 3 is 2.65 bits per heavy atom. The van der Waals surface area contributed by atoms with Gasteiger partial charge in [-0.25, -0.2) is 4.79 Å². The van der Waals surface area contributed by atoms with E-state index in [-0.39, 0.29) is 12.0 Å². The van der Waals surface area contributed by atoms with Crippen molar-refractivity contribution in [2.45, 2.75) is 71.0 Å². The van der Waals surface area contributed by atoms with Gasteiger partial charge < -0.3 is 20.5 Å². The minimum Gasteiger partial charge on any atom is -0.444 e. The number of likely N-dealkylation sites (tertiary alicyclic amines) is 1. The number of carbonyl (C=O) groups excluding carboxylic acids is 1. The smallest absolute Gasteiger partial charge is 0.410 e. The van der Waals surface area contributed by atoms with Gasteiger partial charge in [0.05, 0.1) is 5.60 Å². The van der Waals surface area contributed by atoms with Gasteiger partial charge in [-0.1, -0.05) is 54.9 Å². The maximum absolute atomic E-state index is 12.8. The summed E-state index contributed by atoms with van der Waals surface area (Å²) < 4.78 is 5.63. The summed E-state index contributed by atoms with van der Waals surface area (Å²) in [6, 6.07) is 14.1. The van der Waals surface area contributed by atoms with Crippen LogP contribution in [-0.4, -0.2) is 41.3 Å². The Balaban J connectivity index is 2.04. The molecule has 0 aromatic heterocycles. The predicted molar refractivity (Wildman–Crippen MR) is 139 cm³/mol. The molecule has 1 saturated heterocycles. The molecule has 3 N–H and O–H groups in total. The maximum Gasteiger partial charge on any atom is 0.410 e. The number of nitrogens with zero attached hydrogens (tertiary/aromatic N) is 1. The van der Waals surface area contributed by atoms with Gasteiger partial charge in [-0.05, 0) is 82.2 Å². The average Bonchev–Trinajstić information content (AvgIpc) is 2.81. The lowest BCUT2D eigenvalue weighted by Crippen LogP contribution is -2.49. The monoisotopic (exact) mass is 486 g/mol. The summed E-state index contributed by atoms with van der Waals surface area (Å²) in [6.07, 6.45) is 3.35. The van der Waals surface area contributed by atoms with Crippen LogP contribution in [0.4, 0.5) is 4.79 Å². The third kappa shape index (κ3) is 6.12. The third-order valence-corrected chi connectivity index (χ3v) is 6.93. The first-order valence-corrected chi connectivity index (χ1v) is 12.8. The molecule has 1 aliphatic rings. The Hall–Kier alpha value is -2.08. The highest BCUT2D eigenvalue weighted by atomic mass is 35.5. The van der Waals surface area contributed by atoms with Gasteiger partial charge in [0.15, 0.2) is 0 Å². The Bertz CT molecular complexity index is 988. The van der Waals surface area contributed by atoms with Gasteiger partial charge in [-0.15, -0.1) is 0 Å². The van der Waals surface area contributed by atoms with Crippen molar-refractivity contribution in [3.05, 3.63) is 58.6 Å². The summed E-state index contributed by atoms with van der Waals surface area (Å²) in [6.45, 7) is 9.26. The normalized spacial score (nSPS) is 18.4. The van der Waals surface area contributed by atoms with Gasteiger partial charge in [0, 0.05) is 29.6 Å². The number of aryl methyl sites for hydroxylation is 1. The molecule has 2 atom stereocenters. The highest BCUT2D eigenvalue weighted by molar-refractivity contribution is 6.33. The van der Waals surface area contributed by atoms with E-state index >= 15 is 0 Å². The molecule has 1 aliphatic heterocycles. The largest absolute Gasteiger partial charge is 0.444 e. The van der Waals surface area contributed by atoms with E-state index in [4.69, 9.17) is 22.1 Å². The van der Waals surface area contributed by atoms with Crippen molar-refractivity contribution in [1.82, 2.24) is 4.90 Å². The number of hydrogen-bond acceptors (Lipinski definition) is 4. The lowest BCUT2D eigenvalue weighted by atomic mass is 9.72. The van der Waals surface area contributed by atoms with Gasteiger partial charge in [0.1, 0.15) is 5.60 Å². The summed E-state index contributed by atoms with van der Waals surface area (Å²) in [5.41, 5.74) is 8.00. The topological polar surface area (TPSA) is 75.8 Å². The molecule has 3 rings (SSSR count). The Morgan fingerprint density at radius 1 is 1.24 bits per heavy atom. The predicted octanol–water partition coefficient (Wildman–Crippen LogP) is 6.14. The number of nitrogens with two attached hydrogens (primary N) is 1. The van der Waals surface area contributed by atoms with Crippen LogP contribution in [0.25, 0.3) is 11.1 Å². The fourth-order valence-electron chi connectivity index (χ4n) is 4.91. The molecule has 6 heteroatoms. The van der Waals surface area contributed by atoms with Crippen molar-refractivity contribution < 1.29 is 14.6 Å². The number of benzene rings is 2. The van der Waals surface area contributed by atoms with E-state index in [1.54, 1.807) is 4.90 Å². The molecule has 1 unspecified atom stereocenters. The zero-order valence-electron chi connectivity index (χ0n) is 20.9. The van der Waals surface area contributed by atoms with E-state index in [9.17, 15) is 9.90 Å². The zero-order valence-corrected chi connectivity index (χ0v) is 21.7. The summed E-state index contributed by atoms with van der Waals surface area (Å²) in [4.78, 5) is 14.6. The molecule has 5 nitrogen and oxygen atoms in total. The van der Waals surface area contributed by atoms with Crippen molar-refractivity contribution in [3.63, 3.8) is 0 Å². The molecule has 0 bridgehead atoms. The number of piperidine rings is 1. The summed E-state index contributed by atoms with van der Waals surface area (Å²) in [5.74, 6) is -0.160. The molecule has 0 aliphatic carbocycles. The van der Waals surface area contributed by atoms with E-state index in [0.29, 0.717) is 37.5 Å². The molecule has 0 saturated carbocycles. The number of ether oxygens (including phenoxy) is 1. The number of halogens is 1. The van der Waals surface area contributed by atoms with E-state index in [2.05, 4.69) is 19.1 Å². The molecular formula is C28H39ClN2O3. The van der Waals surface area contributed by atoms with Crippen molar-refractivity contribution in [3.8, 4) is 11.1 Å². The van der Waals surface area contributed by atoms with Gasteiger partial charge in [0.25, 0.3) is 0 Å². The molecule has 2 aromatic carbocycles. The van der Waals surface area contributed by atoms with Crippen LogP contribution in [-0.2, 0) is 16.8 Å². The van der Waals surface area contributed by atoms with Crippen molar-refractivity contribution in [2.75, 3.05) is 19.6 Å². The molecule has 34 heavy (non-hydrogen) atoms. The summed E-state index contributed by atoms with van der Waals surface area (Å²) >= 11 is 6.77. The van der Waals surface area contributed by atoms with E-state index < -0.39 is 11.2 Å². The van der Waals surface area contributed by atoms with Gasteiger partial charge in [0.2, 0.25) is 0 Å². The molecule has 0 radical (unpaired) electrons. The molecule has 0 spiro atoms. The lowest BCUT2D eigenvalue weighted by molar-refractivity contribution is -0.0626. The first kappa shape index (κ1) is 26.5. The second kappa shape index (κ2) is 11.1. The number of rotatable bonds is 7. The molecule has 1 amide bonds. The van der Waals surface area contributed by atoms with Crippen LogP contribution in [0.2, 0.25) is 5.02 Å². The van der Waals surface area contributed by atoms with Gasteiger partial charge in [-0.3, -0.25) is 0 Å². The van der Waals surface area contributed by atoms with E-state index in [1.807, 2.05) is 51.1 Å². The van der Waals surface area contributed by atoms with Crippen LogP contribution >= 0.6 is 11.6 Å². The molecule has 186 valence electrons. The van der Waals surface area contributed by atoms with Crippen LogP contribution in [0, 0.1) is 5.92 Å². The summed E-state index contributed by atoms with van der Waals surface area (Å²) in [5, 5.41) is 13.0. The molecule has 1 fully saturated rings. The molecule has 2 aromatic rings. The van der Waals surface area contributed by atoms with Gasteiger partial charge in [-0.2, -0.15) is 0 Å². The average molecular weight is 487 g/mol. The van der Waals surface area contributed by atoms with Crippen molar-refractivity contribution >= 4 is 17.7 Å². The minimum absolute atomic E-state index is 0.160. The Kier molecular flexibility index (Phi) is 8.66. The van der Waals surface area contributed by atoms with Crippen LogP contribution in [0.5, 0.6) is 0 Å². The number of carbonyl (C=O) groups is 1. The number of hydrogen-bond donors (Lipinski definition) is 2. The van der Waals surface area contributed by atoms with Crippen molar-refractivity contribution in [2.24, 2.45) is 11.7 Å². The molecular weight excluding hydrogens is 448 g/mol. The van der Waals surface area contributed by atoms with Crippen LogP contribution in [0.1, 0.15) is 64.5 Å². The fourth-order valence-corrected chi connectivity index (χ4v) is 5.20. The zero-order chi connectivity index (χ0) is 24.9. The molecule has 1 heterocycles. The van der Waals surface area contributed by atoms with Crippen LogP contribution < -0.4 is 5.73 Å². The second-order valence-electron chi connectivity index (χ2n) is 10.3. The fraction of sp³-hybridized carbons (Fsp3) is 0.536. The SMILES string of the molecule is CCc1cccc(-c2c(Cl)cccc2C(O)(CCCN)[C@@H]2CCCN(C(=O)OC(C)(C)C)C2)c1. The lowest BCUT2D eigenvalue weighted by Gasteiger charge is -2.43. The Morgan fingerprint density at radius 2 is 1.97 bits per heavy atom. The number of amides is 1. The van der Waals surface area contributed by atoms with E-state index in [0.717, 1.165) is 36.0 Å². The highest BCUT2D eigenvalue weighted by Gasteiger charge is 2.43. The highest BCUT2D eigenvalue weighted by Crippen LogP contribution is 2.45.